The van der Waals surface area contributed by atoms with Gasteiger partial charge in [-0.05, 0) is 31.2 Å². The first-order chi connectivity index (χ1) is 8.90. The van der Waals surface area contributed by atoms with Crippen LogP contribution in [0.15, 0.2) is 6.07 Å². The third-order valence-electron chi connectivity index (χ3n) is 3.41. The van der Waals surface area contributed by atoms with Crippen molar-refractivity contribution in [2.45, 2.75) is 32.2 Å². The molecule has 0 aromatic heterocycles. The van der Waals surface area contributed by atoms with E-state index in [2.05, 4.69) is 5.32 Å². The Hall–Kier alpha value is -1.72. The number of rotatable bonds is 2. The fourth-order valence-electron chi connectivity index (χ4n) is 2.36. The maximum atomic E-state index is 13.5. The monoisotopic (exact) mass is 273 g/mol. The van der Waals surface area contributed by atoms with Gasteiger partial charge in [-0.1, -0.05) is 6.92 Å². The van der Waals surface area contributed by atoms with Crippen molar-refractivity contribution < 1.29 is 23.1 Å². The van der Waals surface area contributed by atoms with Gasteiger partial charge >= 0.3 is 0 Å². The topological polar surface area (TPSA) is 49.3 Å². The average molecular weight is 273 g/mol. The lowest BCUT2D eigenvalue weighted by atomic mass is 10.1. The summed E-state index contributed by atoms with van der Waals surface area (Å²) in [5.74, 6) is -6.43. The van der Waals surface area contributed by atoms with Crippen LogP contribution in [-0.2, 0) is 0 Å². The highest BCUT2D eigenvalue weighted by Gasteiger charge is 2.27. The lowest BCUT2D eigenvalue weighted by Crippen LogP contribution is -2.33. The van der Waals surface area contributed by atoms with Crippen molar-refractivity contribution in [3.63, 3.8) is 0 Å². The number of aromatic hydroxyl groups is 1. The lowest BCUT2D eigenvalue weighted by molar-refractivity contribution is 0.0931. The molecule has 0 bridgehead atoms. The van der Waals surface area contributed by atoms with Crippen LogP contribution in [0.25, 0.3) is 0 Å². The Morgan fingerprint density at radius 1 is 1.32 bits per heavy atom. The molecule has 1 aliphatic carbocycles. The molecule has 1 fully saturated rings. The molecule has 19 heavy (non-hydrogen) atoms. The molecule has 1 aromatic carbocycles. The van der Waals surface area contributed by atoms with Crippen LogP contribution in [0.4, 0.5) is 13.2 Å². The van der Waals surface area contributed by atoms with Crippen LogP contribution in [0.3, 0.4) is 0 Å². The zero-order chi connectivity index (χ0) is 14.2. The van der Waals surface area contributed by atoms with Crippen LogP contribution < -0.4 is 5.32 Å². The Kier molecular flexibility index (Phi) is 3.68. The molecule has 0 saturated heterocycles. The second-order valence-electron chi connectivity index (χ2n) is 4.97. The number of nitrogens with one attached hydrogen (secondary N) is 1. The molecule has 104 valence electrons. The van der Waals surface area contributed by atoms with E-state index in [1.807, 2.05) is 6.92 Å². The quantitative estimate of drug-likeness (QED) is 0.814. The molecule has 1 aromatic rings. The van der Waals surface area contributed by atoms with Gasteiger partial charge in [-0.25, -0.2) is 8.78 Å². The molecule has 2 atom stereocenters. The summed E-state index contributed by atoms with van der Waals surface area (Å²) in [5, 5.41) is 11.6. The second kappa shape index (κ2) is 5.11. The molecule has 3 nitrogen and oxygen atoms in total. The molecule has 2 N–H and O–H groups in total. The summed E-state index contributed by atoms with van der Waals surface area (Å²) >= 11 is 0. The molecule has 1 aliphatic rings. The van der Waals surface area contributed by atoms with Gasteiger partial charge in [0.15, 0.2) is 17.4 Å². The van der Waals surface area contributed by atoms with Crippen molar-refractivity contribution in [3.05, 3.63) is 29.1 Å². The number of phenolic OH excluding ortho intramolecular Hbond substituents is 1. The van der Waals surface area contributed by atoms with Crippen LogP contribution in [0.1, 0.15) is 36.5 Å². The zero-order valence-corrected chi connectivity index (χ0v) is 10.3. The number of carbonyl (C=O) groups excluding carboxylic acids is 1. The molecule has 1 amide bonds. The molecular formula is C13H14F3NO2. The van der Waals surface area contributed by atoms with Crippen molar-refractivity contribution in [3.8, 4) is 5.75 Å². The molecule has 0 heterocycles. The van der Waals surface area contributed by atoms with Gasteiger partial charge < -0.3 is 10.4 Å². The van der Waals surface area contributed by atoms with Crippen LogP contribution >= 0.6 is 0 Å². The van der Waals surface area contributed by atoms with Crippen LogP contribution in [0, 0.1) is 23.4 Å². The van der Waals surface area contributed by atoms with Crippen molar-refractivity contribution >= 4 is 5.91 Å². The largest absolute Gasteiger partial charge is 0.503 e. The van der Waals surface area contributed by atoms with Crippen molar-refractivity contribution in [1.29, 1.82) is 0 Å². The number of amides is 1. The van der Waals surface area contributed by atoms with E-state index in [1.165, 1.54) is 0 Å². The minimum Gasteiger partial charge on any atom is -0.503 e. The Bertz CT molecular complexity index is 519. The fraction of sp³-hybridized carbons (Fsp3) is 0.462. The number of hydrogen-bond acceptors (Lipinski definition) is 2. The van der Waals surface area contributed by atoms with Crippen molar-refractivity contribution in [1.82, 2.24) is 5.32 Å². The van der Waals surface area contributed by atoms with Crippen LogP contribution in [-0.4, -0.2) is 17.1 Å². The van der Waals surface area contributed by atoms with Gasteiger partial charge in [-0.2, -0.15) is 4.39 Å². The summed E-state index contributed by atoms with van der Waals surface area (Å²) in [4.78, 5) is 11.8. The predicted octanol–water partition coefficient (Wildman–Crippen LogP) is 2.73. The SMILES string of the molecule is CC1CCC(NC(=O)c2cc(F)c(F)c(O)c2F)C1. The number of carbonyl (C=O) groups is 1. The fourth-order valence-corrected chi connectivity index (χ4v) is 2.36. The van der Waals surface area contributed by atoms with E-state index in [4.69, 9.17) is 5.11 Å². The highest BCUT2D eigenvalue weighted by Crippen LogP contribution is 2.27. The molecular weight excluding hydrogens is 259 g/mol. The first kappa shape index (κ1) is 13.7. The van der Waals surface area contributed by atoms with Crippen LogP contribution in [0.2, 0.25) is 0 Å². The van der Waals surface area contributed by atoms with Crippen LogP contribution in [0.5, 0.6) is 5.75 Å². The second-order valence-corrected chi connectivity index (χ2v) is 4.97. The van der Waals surface area contributed by atoms with E-state index in [0.717, 1.165) is 19.3 Å². The summed E-state index contributed by atoms with van der Waals surface area (Å²) < 4.78 is 39.5. The third-order valence-corrected chi connectivity index (χ3v) is 3.41. The average Bonchev–Trinajstić information content (AvgIpc) is 2.76. The van der Waals surface area contributed by atoms with E-state index < -0.39 is 34.7 Å². The first-order valence-electron chi connectivity index (χ1n) is 6.07. The number of hydrogen-bond donors (Lipinski definition) is 2. The molecule has 0 spiro atoms. The van der Waals surface area contributed by atoms with Gasteiger partial charge in [0.2, 0.25) is 5.82 Å². The summed E-state index contributed by atoms with van der Waals surface area (Å²) in [6, 6.07) is 0.357. The standard InChI is InChI=1S/C13H14F3NO2/c1-6-2-3-7(4-6)17-13(19)8-5-9(14)11(16)12(18)10(8)15/h5-7,18H,2-4H2,1H3,(H,17,19). The molecule has 2 rings (SSSR count). The van der Waals surface area contributed by atoms with E-state index in [1.54, 1.807) is 0 Å². The first-order valence-corrected chi connectivity index (χ1v) is 6.07. The Balaban J connectivity index is 2.20. The molecule has 1 saturated carbocycles. The predicted molar refractivity (Wildman–Crippen MR) is 62.3 cm³/mol. The van der Waals surface area contributed by atoms with Gasteiger partial charge in [0.25, 0.3) is 5.91 Å². The van der Waals surface area contributed by atoms with Gasteiger partial charge in [0.1, 0.15) is 0 Å². The number of benzene rings is 1. The zero-order valence-electron chi connectivity index (χ0n) is 10.3. The summed E-state index contributed by atoms with van der Waals surface area (Å²) in [7, 11) is 0. The molecule has 6 heteroatoms. The van der Waals surface area contributed by atoms with Crippen molar-refractivity contribution in [2.24, 2.45) is 5.92 Å². The molecule has 0 radical (unpaired) electrons. The summed E-state index contributed by atoms with van der Waals surface area (Å²) in [6.45, 7) is 2.04. The number of halogens is 3. The molecule has 2 unspecified atom stereocenters. The van der Waals surface area contributed by atoms with Gasteiger partial charge in [-0.3, -0.25) is 4.79 Å². The van der Waals surface area contributed by atoms with E-state index in [0.29, 0.717) is 12.0 Å². The van der Waals surface area contributed by atoms with E-state index in [-0.39, 0.29) is 6.04 Å². The minimum atomic E-state index is -1.69. The highest BCUT2D eigenvalue weighted by atomic mass is 19.2. The third kappa shape index (κ3) is 2.67. The Morgan fingerprint density at radius 3 is 2.58 bits per heavy atom. The van der Waals surface area contributed by atoms with Gasteiger partial charge in [-0.15, -0.1) is 0 Å². The minimum absolute atomic E-state index is 0.0999. The van der Waals surface area contributed by atoms with Crippen molar-refractivity contribution in [2.75, 3.05) is 0 Å². The normalized spacial score (nSPS) is 22.5. The van der Waals surface area contributed by atoms with E-state index >= 15 is 0 Å². The Labute approximate surface area is 108 Å². The highest BCUT2D eigenvalue weighted by molar-refractivity contribution is 5.95. The summed E-state index contributed by atoms with van der Waals surface area (Å²) in [6.07, 6.45) is 2.49. The summed E-state index contributed by atoms with van der Waals surface area (Å²) in [5.41, 5.74) is -0.684. The Morgan fingerprint density at radius 2 is 2.00 bits per heavy atom. The van der Waals surface area contributed by atoms with E-state index in [9.17, 15) is 18.0 Å². The maximum Gasteiger partial charge on any atom is 0.254 e. The maximum absolute atomic E-state index is 13.5. The van der Waals surface area contributed by atoms with Gasteiger partial charge in [0.05, 0.1) is 5.56 Å². The lowest BCUT2D eigenvalue weighted by Gasteiger charge is -2.13. The van der Waals surface area contributed by atoms with Gasteiger partial charge in [0, 0.05) is 6.04 Å². The smallest absolute Gasteiger partial charge is 0.254 e. The number of phenols is 1. The molecule has 0 aliphatic heterocycles.